The Morgan fingerprint density at radius 3 is 2.40 bits per heavy atom. The SMILES string of the molecule is CC.Cn1nc(-c2nccs2)cc1-c1cnc(NC(=O)c2c(F)cccc2F)cn1. The van der Waals surface area contributed by atoms with Crippen molar-refractivity contribution in [1.29, 1.82) is 0 Å². The van der Waals surface area contributed by atoms with Gasteiger partial charge in [-0.25, -0.2) is 23.7 Å². The topological polar surface area (TPSA) is 85.6 Å². The molecule has 3 aromatic heterocycles. The summed E-state index contributed by atoms with van der Waals surface area (Å²) < 4.78 is 29.0. The van der Waals surface area contributed by atoms with Crippen LogP contribution in [-0.4, -0.2) is 30.6 Å². The number of carbonyl (C=O) groups excluding carboxylic acids is 1. The summed E-state index contributed by atoms with van der Waals surface area (Å²) >= 11 is 1.47. The Labute approximate surface area is 175 Å². The lowest BCUT2D eigenvalue weighted by Crippen LogP contribution is -2.16. The van der Waals surface area contributed by atoms with Crippen LogP contribution in [0.2, 0.25) is 0 Å². The van der Waals surface area contributed by atoms with Gasteiger partial charge < -0.3 is 5.32 Å². The molecule has 10 heteroatoms. The molecule has 1 aromatic carbocycles. The van der Waals surface area contributed by atoms with E-state index in [2.05, 4.69) is 25.4 Å². The Hall–Kier alpha value is -3.53. The highest BCUT2D eigenvalue weighted by molar-refractivity contribution is 7.13. The maximum absolute atomic E-state index is 13.7. The number of aromatic nitrogens is 5. The monoisotopic (exact) mass is 428 g/mol. The normalized spacial score (nSPS) is 10.3. The van der Waals surface area contributed by atoms with Gasteiger partial charge in [0.15, 0.2) is 5.82 Å². The average Bonchev–Trinajstić information content (AvgIpc) is 3.40. The summed E-state index contributed by atoms with van der Waals surface area (Å²) in [7, 11) is 1.77. The largest absolute Gasteiger partial charge is 0.305 e. The van der Waals surface area contributed by atoms with Crippen LogP contribution >= 0.6 is 11.3 Å². The van der Waals surface area contributed by atoms with Crippen molar-refractivity contribution in [3.63, 3.8) is 0 Å². The van der Waals surface area contributed by atoms with Crippen LogP contribution in [0.3, 0.4) is 0 Å². The third-order valence-electron chi connectivity index (χ3n) is 3.88. The van der Waals surface area contributed by atoms with Crippen molar-refractivity contribution >= 4 is 23.1 Å². The number of hydrogen-bond donors (Lipinski definition) is 1. The molecular formula is C20H18F2N6OS. The van der Waals surface area contributed by atoms with Gasteiger partial charge in [-0.2, -0.15) is 5.10 Å². The number of aryl methyl sites for hydroxylation is 1. The Kier molecular flexibility index (Phi) is 6.58. The zero-order valence-corrected chi connectivity index (χ0v) is 17.2. The number of halogens is 2. The number of nitrogens with zero attached hydrogens (tertiary/aromatic N) is 5. The van der Waals surface area contributed by atoms with E-state index in [9.17, 15) is 13.6 Å². The molecule has 3 heterocycles. The minimum atomic E-state index is -0.952. The zero-order chi connectivity index (χ0) is 21.7. The molecule has 0 saturated heterocycles. The summed E-state index contributed by atoms with van der Waals surface area (Å²) in [5.74, 6) is -2.78. The highest BCUT2D eigenvalue weighted by Gasteiger charge is 2.18. The summed E-state index contributed by atoms with van der Waals surface area (Å²) in [6.45, 7) is 4.00. The van der Waals surface area contributed by atoms with E-state index in [0.717, 1.165) is 17.1 Å². The lowest BCUT2D eigenvalue weighted by Gasteiger charge is -2.07. The van der Waals surface area contributed by atoms with Gasteiger partial charge >= 0.3 is 0 Å². The highest BCUT2D eigenvalue weighted by atomic mass is 32.1. The van der Waals surface area contributed by atoms with Crippen molar-refractivity contribution in [2.24, 2.45) is 7.05 Å². The van der Waals surface area contributed by atoms with Gasteiger partial charge in [-0.3, -0.25) is 9.48 Å². The minimum Gasteiger partial charge on any atom is -0.305 e. The van der Waals surface area contributed by atoms with Crippen LogP contribution in [0.25, 0.3) is 22.1 Å². The van der Waals surface area contributed by atoms with Gasteiger partial charge in [0.25, 0.3) is 5.91 Å². The van der Waals surface area contributed by atoms with Gasteiger partial charge in [-0.05, 0) is 18.2 Å². The van der Waals surface area contributed by atoms with Crippen molar-refractivity contribution < 1.29 is 13.6 Å². The molecule has 0 aliphatic heterocycles. The van der Waals surface area contributed by atoms with Crippen molar-refractivity contribution in [1.82, 2.24) is 24.7 Å². The van der Waals surface area contributed by atoms with E-state index in [0.29, 0.717) is 17.1 Å². The lowest BCUT2D eigenvalue weighted by molar-refractivity contribution is 0.101. The van der Waals surface area contributed by atoms with Gasteiger partial charge in [0.05, 0.1) is 18.1 Å². The fourth-order valence-electron chi connectivity index (χ4n) is 2.58. The number of thiazole rings is 1. The number of rotatable bonds is 4. The van der Waals surface area contributed by atoms with Crippen LogP contribution in [0.5, 0.6) is 0 Å². The van der Waals surface area contributed by atoms with E-state index in [1.165, 1.54) is 29.8 Å². The van der Waals surface area contributed by atoms with Gasteiger partial charge in [-0.1, -0.05) is 19.9 Å². The van der Waals surface area contributed by atoms with Crippen LogP contribution in [0, 0.1) is 11.6 Å². The number of carbonyl (C=O) groups is 1. The maximum Gasteiger partial charge on any atom is 0.262 e. The van der Waals surface area contributed by atoms with Crippen molar-refractivity contribution in [3.8, 4) is 22.1 Å². The third kappa shape index (κ3) is 4.38. The molecular weight excluding hydrogens is 410 g/mol. The summed E-state index contributed by atoms with van der Waals surface area (Å²) in [5, 5.41) is 9.38. The van der Waals surface area contributed by atoms with E-state index in [4.69, 9.17) is 0 Å². The molecule has 1 amide bonds. The first kappa shape index (κ1) is 21.2. The maximum atomic E-state index is 13.7. The molecule has 0 aliphatic carbocycles. The van der Waals surface area contributed by atoms with E-state index in [1.807, 2.05) is 25.3 Å². The number of hydrogen-bond acceptors (Lipinski definition) is 6. The van der Waals surface area contributed by atoms with Crippen molar-refractivity contribution in [2.45, 2.75) is 13.8 Å². The zero-order valence-electron chi connectivity index (χ0n) is 16.4. The predicted octanol–water partition coefficient (Wildman–Crippen LogP) is 4.56. The predicted molar refractivity (Wildman–Crippen MR) is 111 cm³/mol. The molecule has 1 N–H and O–H groups in total. The van der Waals surface area contributed by atoms with E-state index in [-0.39, 0.29) is 5.82 Å². The van der Waals surface area contributed by atoms with Gasteiger partial charge in [0.2, 0.25) is 0 Å². The fourth-order valence-corrected chi connectivity index (χ4v) is 3.17. The van der Waals surface area contributed by atoms with Crippen molar-refractivity contribution in [3.05, 3.63) is 65.4 Å². The molecule has 0 bridgehead atoms. The van der Waals surface area contributed by atoms with Gasteiger partial charge in [-0.15, -0.1) is 11.3 Å². The van der Waals surface area contributed by atoms with Crippen LogP contribution in [0.15, 0.2) is 48.2 Å². The van der Waals surface area contributed by atoms with E-state index >= 15 is 0 Å². The molecule has 4 aromatic rings. The first-order valence-corrected chi connectivity index (χ1v) is 9.92. The molecule has 30 heavy (non-hydrogen) atoms. The summed E-state index contributed by atoms with van der Waals surface area (Å²) in [6.07, 6.45) is 4.45. The second kappa shape index (κ2) is 9.31. The first-order chi connectivity index (χ1) is 14.5. The summed E-state index contributed by atoms with van der Waals surface area (Å²) in [4.78, 5) is 24.7. The number of anilines is 1. The second-order valence-corrected chi connectivity index (χ2v) is 6.61. The first-order valence-electron chi connectivity index (χ1n) is 9.04. The lowest BCUT2D eigenvalue weighted by atomic mass is 10.2. The summed E-state index contributed by atoms with van der Waals surface area (Å²) in [5.41, 5.74) is 1.26. The number of nitrogens with one attached hydrogen (secondary N) is 1. The third-order valence-corrected chi connectivity index (χ3v) is 4.67. The molecule has 4 rings (SSSR count). The van der Waals surface area contributed by atoms with E-state index < -0.39 is 23.1 Å². The number of amides is 1. The molecule has 0 unspecified atom stereocenters. The Bertz CT molecular complexity index is 1120. The average molecular weight is 428 g/mol. The Morgan fingerprint density at radius 2 is 1.80 bits per heavy atom. The Morgan fingerprint density at radius 1 is 1.07 bits per heavy atom. The number of benzene rings is 1. The molecule has 7 nitrogen and oxygen atoms in total. The van der Waals surface area contributed by atoms with Crippen molar-refractivity contribution in [2.75, 3.05) is 5.32 Å². The highest BCUT2D eigenvalue weighted by Crippen LogP contribution is 2.25. The smallest absolute Gasteiger partial charge is 0.262 e. The van der Waals surface area contributed by atoms with Crippen LogP contribution in [0.1, 0.15) is 24.2 Å². The van der Waals surface area contributed by atoms with Gasteiger partial charge in [0, 0.05) is 18.6 Å². The summed E-state index contributed by atoms with van der Waals surface area (Å²) in [6, 6.07) is 5.03. The molecule has 0 saturated carbocycles. The molecule has 0 aliphatic rings. The standard InChI is InChI=1S/C18H12F2N6OS.C2H6/c1-26-14(7-12(25-26)18-21-5-6-28-18)13-8-23-15(9-22-13)24-17(27)16-10(19)3-2-4-11(16)20;1-2/h2-9H,1H3,(H,23,24,27);1-2H3. The van der Waals surface area contributed by atoms with E-state index in [1.54, 1.807) is 17.9 Å². The van der Waals surface area contributed by atoms with Crippen LogP contribution in [-0.2, 0) is 7.05 Å². The molecule has 0 fully saturated rings. The fraction of sp³-hybridized carbons (Fsp3) is 0.150. The second-order valence-electron chi connectivity index (χ2n) is 5.71. The molecule has 0 spiro atoms. The molecule has 154 valence electrons. The quantitative estimate of drug-likeness (QED) is 0.515. The molecule has 0 atom stereocenters. The van der Waals surface area contributed by atoms with Gasteiger partial charge in [0.1, 0.15) is 33.6 Å². The van der Waals surface area contributed by atoms with Crippen LogP contribution < -0.4 is 5.32 Å². The molecule has 0 radical (unpaired) electrons. The Balaban J connectivity index is 0.00000124. The minimum absolute atomic E-state index is 0.0683. The van der Waals surface area contributed by atoms with Crippen LogP contribution in [0.4, 0.5) is 14.6 Å².